The molecule has 1 unspecified atom stereocenters. The van der Waals surface area contributed by atoms with E-state index < -0.39 is 9.84 Å². The van der Waals surface area contributed by atoms with Gasteiger partial charge in [-0.2, -0.15) is 5.10 Å². The monoisotopic (exact) mass is 395 g/mol. The molecule has 140 valence electrons. The molecule has 8 heteroatoms. The van der Waals surface area contributed by atoms with Crippen molar-refractivity contribution in [1.29, 1.82) is 0 Å². The van der Waals surface area contributed by atoms with E-state index in [1.54, 1.807) is 34.0 Å². The minimum atomic E-state index is -3.06. The number of amides is 1. The maximum absolute atomic E-state index is 13.0. The summed E-state index contributed by atoms with van der Waals surface area (Å²) in [7, 11) is -3.06. The van der Waals surface area contributed by atoms with Crippen LogP contribution >= 0.6 is 11.6 Å². The van der Waals surface area contributed by atoms with E-state index in [1.165, 1.54) is 0 Å². The molecule has 0 N–H and O–H groups in total. The third kappa shape index (κ3) is 4.27. The van der Waals surface area contributed by atoms with Gasteiger partial charge >= 0.3 is 0 Å². The first-order chi connectivity index (χ1) is 12.4. The van der Waals surface area contributed by atoms with Gasteiger partial charge in [-0.05, 0) is 37.1 Å². The molecule has 1 aliphatic rings. The number of sulfone groups is 1. The first kappa shape index (κ1) is 18.9. The van der Waals surface area contributed by atoms with Crippen LogP contribution in [0.3, 0.4) is 0 Å². The van der Waals surface area contributed by atoms with Crippen molar-refractivity contribution in [2.45, 2.75) is 32.2 Å². The molecule has 0 radical (unpaired) electrons. The third-order valence-corrected chi connectivity index (χ3v) is 6.53. The fourth-order valence-corrected chi connectivity index (χ4v) is 5.06. The molecule has 1 atom stereocenters. The van der Waals surface area contributed by atoms with E-state index in [4.69, 9.17) is 11.6 Å². The van der Waals surface area contributed by atoms with Crippen LogP contribution in [0.4, 0.5) is 0 Å². The van der Waals surface area contributed by atoms with E-state index in [1.807, 2.05) is 19.1 Å². The van der Waals surface area contributed by atoms with E-state index in [-0.39, 0.29) is 23.5 Å². The van der Waals surface area contributed by atoms with Crippen LogP contribution < -0.4 is 0 Å². The zero-order valence-electron chi connectivity index (χ0n) is 14.6. The van der Waals surface area contributed by atoms with Gasteiger partial charge in [-0.15, -0.1) is 0 Å². The lowest BCUT2D eigenvalue weighted by molar-refractivity contribution is 0.0687. The highest BCUT2D eigenvalue weighted by Crippen LogP contribution is 2.21. The summed E-state index contributed by atoms with van der Waals surface area (Å²) in [6, 6.07) is 8.60. The van der Waals surface area contributed by atoms with Gasteiger partial charge in [-0.25, -0.2) is 13.1 Å². The number of rotatable bonds is 6. The number of hydrogen-bond donors (Lipinski definition) is 0. The molecule has 0 saturated carbocycles. The number of halogens is 1. The summed E-state index contributed by atoms with van der Waals surface area (Å²) in [5.41, 5.74) is 1.07. The Morgan fingerprint density at radius 1 is 1.38 bits per heavy atom. The van der Waals surface area contributed by atoms with Crippen LogP contribution in [0, 0.1) is 0 Å². The Morgan fingerprint density at radius 2 is 2.19 bits per heavy atom. The zero-order valence-corrected chi connectivity index (χ0v) is 16.2. The molecule has 1 amide bonds. The van der Waals surface area contributed by atoms with Crippen molar-refractivity contribution in [1.82, 2.24) is 14.7 Å². The maximum Gasteiger partial charge on any atom is 0.274 e. The summed E-state index contributed by atoms with van der Waals surface area (Å²) < 4.78 is 25.3. The summed E-state index contributed by atoms with van der Waals surface area (Å²) in [6.07, 6.45) is 3.96. The van der Waals surface area contributed by atoms with Crippen molar-refractivity contribution >= 4 is 27.3 Å². The number of carbonyl (C=O) groups excluding carboxylic acids is 1. The van der Waals surface area contributed by atoms with E-state index in [0.717, 1.165) is 18.5 Å². The number of hydrogen-bond acceptors (Lipinski definition) is 4. The molecule has 1 saturated heterocycles. The van der Waals surface area contributed by atoms with Gasteiger partial charge in [-0.3, -0.25) is 4.79 Å². The van der Waals surface area contributed by atoms with Crippen LogP contribution in [-0.2, 0) is 9.84 Å². The molecule has 1 aliphatic heterocycles. The van der Waals surface area contributed by atoms with Crippen LogP contribution in [0.5, 0.6) is 0 Å². The zero-order chi connectivity index (χ0) is 18.7. The Hall–Kier alpha value is -1.86. The SMILES string of the molecule is CCCCN(C(=O)c1ccn(-c2cccc(Cl)c2)n1)C1CCS(=O)(=O)C1. The average molecular weight is 396 g/mol. The van der Waals surface area contributed by atoms with Gasteiger partial charge in [0.25, 0.3) is 5.91 Å². The second-order valence-electron chi connectivity index (χ2n) is 6.53. The van der Waals surface area contributed by atoms with Gasteiger partial charge in [0, 0.05) is 23.8 Å². The lowest BCUT2D eigenvalue weighted by Crippen LogP contribution is -2.42. The highest BCUT2D eigenvalue weighted by atomic mass is 35.5. The Balaban J connectivity index is 1.83. The van der Waals surface area contributed by atoms with Crippen LogP contribution in [0.25, 0.3) is 5.69 Å². The molecule has 1 aromatic carbocycles. The molecule has 3 rings (SSSR count). The Morgan fingerprint density at radius 3 is 2.85 bits per heavy atom. The van der Waals surface area contributed by atoms with Crippen molar-refractivity contribution in [3.05, 3.63) is 47.2 Å². The molecule has 0 aliphatic carbocycles. The second-order valence-corrected chi connectivity index (χ2v) is 9.20. The average Bonchev–Trinajstić information content (AvgIpc) is 3.22. The number of unbranched alkanes of at least 4 members (excludes halogenated alkanes) is 1. The Bertz CT molecular complexity index is 895. The van der Waals surface area contributed by atoms with Crippen LogP contribution in [0.2, 0.25) is 5.02 Å². The second kappa shape index (κ2) is 7.80. The molecule has 2 heterocycles. The highest BCUT2D eigenvalue weighted by Gasteiger charge is 2.35. The molecule has 6 nitrogen and oxygen atoms in total. The van der Waals surface area contributed by atoms with E-state index >= 15 is 0 Å². The first-order valence-corrected chi connectivity index (χ1v) is 10.9. The minimum Gasteiger partial charge on any atom is -0.333 e. The van der Waals surface area contributed by atoms with Crippen molar-refractivity contribution in [3.8, 4) is 5.69 Å². The van der Waals surface area contributed by atoms with Crippen molar-refractivity contribution in [3.63, 3.8) is 0 Å². The van der Waals surface area contributed by atoms with Crippen molar-refractivity contribution in [2.24, 2.45) is 0 Å². The first-order valence-electron chi connectivity index (χ1n) is 8.72. The lowest BCUT2D eigenvalue weighted by atomic mass is 10.2. The molecular weight excluding hydrogens is 374 g/mol. The lowest BCUT2D eigenvalue weighted by Gasteiger charge is -2.27. The van der Waals surface area contributed by atoms with E-state index in [9.17, 15) is 13.2 Å². The molecule has 0 spiro atoms. The van der Waals surface area contributed by atoms with Crippen LogP contribution in [0.1, 0.15) is 36.7 Å². The minimum absolute atomic E-state index is 0.0391. The van der Waals surface area contributed by atoms with Gasteiger partial charge in [0.05, 0.1) is 17.2 Å². The van der Waals surface area contributed by atoms with E-state index in [2.05, 4.69) is 5.10 Å². The quantitative estimate of drug-likeness (QED) is 0.753. The standard InChI is InChI=1S/C18H22ClN3O3S/c1-2-3-9-21(16-8-11-26(24,25)13-16)18(23)17-7-10-22(20-17)15-6-4-5-14(19)12-15/h4-7,10,12,16H,2-3,8-9,11,13H2,1H3. The third-order valence-electron chi connectivity index (χ3n) is 4.54. The molecule has 2 aromatic rings. The van der Waals surface area contributed by atoms with Gasteiger partial charge in [-0.1, -0.05) is 31.0 Å². The van der Waals surface area contributed by atoms with Gasteiger partial charge < -0.3 is 4.90 Å². The topological polar surface area (TPSA) is 72.3 Å². The molecule has 1 fully saturated rings. The van der Waals surface area contributed by atoms with Gasteiger partial charge in [0.15, 0.2) is 15.5 Å². The van der Waals surface area contributed by atoms with Gasteiger partial charge in [0.1, 0.15) is 0 Å². The normalized spacial score (nSPS) is 18.8. The van der Waals surface area contributed by atoms with Crippen LogP contribution in [-0.4, -0.2) is 53.1 Å². The number of carbonyl (C=O) groups is 1. The summed E-state index contributed by atoms with van der Waals surface area (Å²) in [6.45, 7) is 2.58. The fraction of sp³-hybridized carbons (Fsp3) is 0.444. The van der Waals surface area contributed by atoms with Gasteiger partial charge in [0.2, 0.25) is 0 Å². The van der Waals surface area contributed by atoms with Crippen molar-refractivity contribution in [2.75, 3.05) is 18.1 Å². The van der Waals surface area contributed by atoms with Crippen LogP contribution in [0.15, 0.2) is 36.5 Å². The molecular formula is C18H22ClN3O3S. The Kier molecular flexibility index (Phi) is 5.67. The number of nitrogens with zero attached hydrogens (tertiary/aromatic N) is 3. The predicted octanol–water partition coefficient (Wildman–Crippen LogP) is 2.96. The Labute approximate surface area is 158 Å². The predicted molar refractivity (Wildman–Crippen MR) is 102 cm³/mol. The summed E-state index contributed by atoms with van der Waals surface area (Å²) >= 11 is 6.01. The van der Waals surface area contributed by atoms with E-state index in [0.29, 0.717) is 23.7 Å². The smallest absolute Gasteiger partial charge is 0.274 e. The number of benzene rings is 1. The molecule has 1 aromatic heterocycles. The van der Waals surface area contributed by atoms with Crippen molar-refractivity contribution < 1.29 is 13.2 Å². The summed E-state index contributed by atoms with van der Waals surface area (Å²) in [5, 5.41) is 4.97. The number of aromatic nitrogens is 2. The highest BCUT2D eigenvalue weighted by molar-refractivity contribution is 7.91. The molecule has 26 heavy (non-hydrogen) atoms. The maximum atomic E-state index is 13.0. The summed E-state index contributed by atoms with van der Waals surface area (Å²) in [4.78, 5) is 14.7. The molecule has 0 bridgehead atoms. The summed E-state index contributed by atoms with van der Waals surface area (Å²) in [5.74, 6) is -0.0385. The largest absolute Gasteiger partial charge is 0.333 e. The fourth-order valence-electron chi connectivity index (χ4n) is 3.15.